The minimum absolute atomic E-state index is 0. The summed E-state index contributed by atoms with van der Waals surface area (Å²) in [6, 6.07) is 5.01. The second-order valence-corrected chi connectivity index (χ2v) is 4.69. The van der Waals surface area contributed by atoms with Crippen molar-refractivity contribution in [2.75, 3.05) is 7.05 Å². The summed E-state index contributed by atoms with van der Waals surface area (Å²) >= 11 is 0. The second-order valence-electron chi connectivity index (χ2n) is 4.69. The van der Waals surface area contributed by atoms with Crippen LogP contribution in [0.1, 0.15) is 18.3 Å². The zero-order valence-electron chi connectivity index (χ0n) is 12.0. The van der Waals surface area contributed by atoms with Crippen LogP contribution in [-0.4, -0.2) is 28.2 Å². The zero-order valence-corrected chi connectivity index (χ0v) is 12.8. The molecular weight excluding hydrogens is 296 g/mol. The van der Waals surface area contributed by atoms with Crippen LogP contribution in [0.5, 0.6) is 0 Å². The smallest absolute Gasteiger partial charge is 0.282 e. The number of hydrogen-bond acceptors (Lipinski definition) is 6. The zero-order chi connectivity index (χ0) is 14.7. The highest BCUT2D eigenvalue weighted by molar-refractivity contribution is 5.85. The van der Waals surface area contributed by atoms with Gasteiger partial charge in [0.05, 0.1) is 4.92 Å². The molecule has 21 heavy (non-hydrogen) atoms. The minimum atomic E-state index is -0.450. The van der Waals surface area contributed by atoms with Gasteiger partial charge in [0.25, 0.3) is 11.6 Å². The Morgan fingerprint density at radius 3 is 2.81 bits per heavy atom. The summed E-state index contributed by atoms with van der Waals surface area (Å²) < 4.78 is 5.15. The van der Waals surface area contributed by atoms with Crippen molar-refractivity contribution in [2.45, 2.75) is 26.3 Å². The first-order valence-corrected chi connectivity index (χ1v) is 6.26. The lowest BCUT2D eigenvalue weighted by Crippen LogP contribution is -2.24. The van der Waals surface area contributed by atoms with Crippen LogP contribution in [-0.2, 0) is 6.42 Å². The number of rotatable bonds is 5. The van der Waals surface area contributed by atoms with Gasteiger partial charge in [-0.1, -0.05) is 11.2 Å². The first-order valence-electron chi connectivity index (χ1n) is 6.26. The number of halogens is 1. The van der Waals surface area contributed by atoms with Crippen molar-refractivity contribution in [3.8, 4) is 11.5 Å². The average Bonchev–Trinajstić information content (AvgIpc) is 2.86. The van der Waals surface area contributed by atoms with Crippen LogP contribution in [0.2, 0.25) is 0 Å². The van der Waals surface area contributed by atoms with E-state index in [0.29, 0.717) is 17.8 Å². The molecule has 0 aliphatic rings. The first kappa shape index (κ1) is 17.1. The Balaban J connectivity index is 0.00000220. The van der Waals surface area contributed by atoms with Crippen molar-refractivity contribution in [1.82, 2.24) is 15.5 Å². The molecule has 0 amide bonds. The highest BCUT2D eigenvalue weighted by Crippen LogP contribution is 2.29. The average molecular weight is 313 g/mol. The Morgan fingerprint density at radius 1 is 1.48 bits per heavy atom. The van der Waals surface area contributed by atoms with Crippen LogP contribution in [0.25, 0.3) is 11.5 Å². The van der Waals surface area contributed by atoms with Crippen LogP contribution in [0.3, 0.4) is 0 Å². The fourth-order valence-corrected chi connectivity index (χ4v) is 1.80. The summed E-state index contributed by atoms with van der Waals surface area (Å²) in [5.41, 5.74) is 1.22. The highest BCUT2D eigenvalue weighted by atomic mass is 35.5. The molecule has 1 atom stereocenters. The number of aryl methyl sites for hydroxylation is 1. The Kier molecular flexibility index (Phi) is 5.80. The van der Waals surface area contributed by atoms with Crippen LogP contribution in [0.4, 0.5) is 5.69 Å². The van der Waals surface area contributed by atoms with E-state index in [1.165, 1.54) is 6.07 Å². The lowest BCUT2D eigenvalue weighted by molar-refractivity contribution is -0.384. The summed E-state index contributed by atoms with van der Waals surface area (Å²) in [4.78, 5) is 14.8. The summed E-state index contributed by atoms with van der Waals surface area (Å²) in [5, 5.41) is 18.0. The van der Waals surface area contributed by atoms with Crippen molar-refractivity contribution in [3.63, 3.8) is 0 Å². The monoisotopic (exact) mass is 312 g/mol. The van der Waals surface area contributed by atoms with Gasteiger partial charge < -0.3 is 9.84 Å². The van der Waals surface area contributed by atoms with E-state index < -0.39 is 4.92 Å². The first-order chi connectivity index (χ1) is 9.51. The lowest BCUT2D eigenvalue weighted by atomic mass is 10.1. The molecule has 0 saturated carbocycles. The van der Waals surface area contributed by atoms with Crippen LogP contribution < -0.4 is 5.32 Å². The van der Waals surface area contributed by atoms with Gasteiger partial charge in [0.2, 0.25) is 0 Å². The van der Waals surface area contributed by atoms with E-state index >= 15 is 0 Å². The fourth-order valence-electron chi connectivity index (χ4n) is 1.80. The molecule has 1 heterocycles. The van der Waals surface area contributed by atoms with Crippen molar-refractivity contribution in [2.24, 2.45) is 0 Å². The molecule has 0 bridgehead atoms. The van der Waals surface area contributed by atoms with E-state index in [1.807, 2.05) is 20.9 Å². The third kappa shape index (κ3) is 3.99. The van der Waals surface area contributed by atoms with Crippen LogP contribution >= 0.6 is 12.4 Å². The maximum Gasteiger partial charge on any atom is 0.282 e. The van der Waals surface area contributed by atoms with Crippen molar-refractivity contribution >= 4 is 18.1 Å². The van der Waals surface area contributed by atoms with Gasteiger partial charge in [-0.2, -0.15) is 4.98 Å². The molecule has 1 N–H and O–H groups in total. The Hall–Kier alpha value is -1.99. The molecule has 8 heteroatoms. The minimum Gasteiger partial charge on any atom is -0.334 e. The fraction of sp³-hybridized carbons (Fsp3) is 0.385. The number of benzene rings is 1. The highest BCUT2D eigenvalue weighted by Gasteiger charge is 2.21. The van der Waals surface area contributed by atoms with Crippen LogP contribution in [0.15, 0.2) is 22.7 Å². The summed E-state index contributed by atoms with van der Waals surface area (Å²) in [6.45, 7) is 3.85. The summed E-state index contributed by atoms with van der Waals surface area (Å²) in [5.74, 6) is 0.705. The molecular formula is C13H17ClN4O3. The maximum atomic E-state index is 11.0. The molecule has 0 aliphatic carbocycles. The standard InChI is InChI=1S/C13H16N4O3.ClH/c1-8-4-5-11(17(18)19)10(6-8)13-15-12(16-20-13)7-9(2)14-3;/h4-6,9,14H,7H2,1-3H3;1H. The number of likely N-dealkylation sites (N-methyl/N-ethyl adjacent to an activating group) is 1. The molecule has 7 nitrogen and oxygen atoms in total. The predicted octanol–water partition coefficient (Wildman–Crippen LogP) is 2.53. The third-order valence-corrected chi connectivity index (χ3v) is 3.03. The molecule has 0 spiro atoms. The number of aromatic nitrogens is 2. The topological polar surface area (TPSA) is 94.1 Å². The van der Waals surface area contributed by atoms with Crippen molar-refractivity contribution in [3.05, 3.63) is 39.7 Å². The molecule has 0 radical (unpaired) electrons. The summed E-state index contributed by atoms with van der Waals surface area (Å²) in [7, 11) is 1.84. The van der Waals surface area contributed by atoms with Crippen molar-refractivity contribution < 1.29 is 9.45 Å². The molecule has 114 valence electrons. The van der Waals surface area contributed by atoms with Gasteiger partial charge in [-0.3, -0.25) is 10.1 Å². The largest absolute Gasteiger partial charge is 0.334 e. The van der Waals surface area contributed by atoms with Gasteiger partial charge in [-0.25, -0.2) is 0 Å². The maximum absolute atomic E-state index is 11.0. The van der Waals surface area contributed by atoms with Gasteiger partial charge in [0.1, 0.15) is 5.56 Å². The second kappa shape index (κ2) is 7.14. The number of nitrogens with one attached hydrogen (secondary N) is 1. The van der Waals surface area contributed by atoms with Gasteiger partial charge in [0, 0.05) is 18.5 Å². The molecule has 0 saturated heterocycles. The SMILES string of the molecule is CNC(C)Cc1noc(-c2cc(C)ccc2[N+](=O)[O-])n1.Cl. The van der Waals surface area contributed by atoms with E-state index in [-0.39, 0.29) is 30.0 Å². The number of hydrogen-bond donors (Lipinski definition) is 1. The molecule has 2 aromatic rings. The molecule has 0 fully saturated rings. The van der Waals surface area contributed by atoms with E-state index in [9.17, 15) is 10.1 Å². The van der Waals surface area contributed by atoms with Gasteiger partial charge in [-0.15, -0.1) is 12.4 Å². The Bertz CT molecular complexity index is 630. The van der Waals surface area contributed by atoms with Crippen molar-refractivity contribution in [1.29, 1.82) is 0 Å². The number of nitro groups is 1. The summed E-state index contributed by atoms with van der Waals surface area (Å²) in [6.07, 6.45) is 0.597. The van der Waals surface area contributed by atoms with Gasteiger partial charge in [0.15, 0.2) is 5.82 Å². The molecule has 1 aromatic heterocycles. The quantitative estimate of drug-likeness (QED) is 0.673. The molecule has 0 aliphatic heterocycles. The number of nitro benzene ring substituents is 1. The number of nitrogens with zero attached hydrogens (tertiary/aromatic N) is 3. The molecule has 1 aromatic carbocycles. The lowest BCUT2D eigenvalue weighted by Gasteiger charge is -2.04. The van der Waals surface area contributed by atoms with E-state index in [1.54, 1.807) is 12.1 Å². The van der Waals surface area contributed by atoms with Crippen LogP contribution in [0, 0.1) is 17.0 Å². The Morgan fingerprint density at radius 2 is 2.19 bits per heavy atom. The van der Waals surface area contributed by atoms with Gasteiger partial charge in [-0.05, 0) is 32.5 Å². The Labute approximate surface area is 128 Å². The van der Waals surface area contributed by atoms with Gasteiger partial charge >= 0.3 is 0 Å². The van der Waals surface area contributed by atoms with E-state index in [4.69, 9.17) is 4.52 Å². The molecule has 1 unspecified atom stereocenters. The normalized spacial score (nSPS) is 11.8. The predicted molar refractivity (Wildman–Crippen MR) is 80.6 cm³/mol. The third-order valence-electron chi connectivity index (χ3n) is 3.03. The van der Waals surface area contributed by atoms with E-state index in [2.05, 4.69) is 15.5 Å². The van der Waals surface area contributed by atoms with E-state index in [0.717, 1.165) is 5.56 Å². The molecule has 2 rings (SSSR count).